The number of nitrogens with zero attached hydrogens (tertiary/aromatic N) is 1. The Morgan fingerprint density at radius 3 is 2.52 bits per heavy atom. The van der Waals surface area contributed by atoms with Gasteiger partial charge in [0.2, 0.25) is 0 Å². The van der Waals surface area contributed by atoms with Crippen LogP contribution >= 0.6 is 0 Å². The number of hydrogen-bond donors (Lipinski definition) is 3. The van der Waals surface area contributed by atoms with E-state index in [1.54, 1.807) is 45.0 Å². The molecule has 1 heterocycles. The van der Waals surface area contributed by atoms with Crippen LogP contribution in [0.15, 0.2) is 30.3 Å². The molecule has 0 saturated carbocycles. The van der Waals surface area contributed by atoms with Gasteiger partial charge in [-0.25, -0.2) is 9.59 Å². The van der Waals surface area contributed by atoms with E-state index in [0.717, 1.165) is 11.1 Å². The second-order valence-corrected chi connectivity index (χ2v) is 6.21. The van der Waals surface area contributed by atoms with Gasteiger partial charge in [-0.3, -0.25) is 5.10 Å². The summed E-state index contributed by atoms with van der Waals surface area (Å²) < 4.78 is 5.10. The van der Waals surface area contributed by atoms with E-state index in [1.807, 2.05) is 0 Å². The number of aromatic amines is 1. The molecule has 0 aliphatic rings. The van der Waals surface area contributed by atoms with Crippen LogP contribution in [0.25, 0.3) is 11.3 Å². The number of carbonyl (C=O) groups is 2. The van der Waals surface area contributed by atoms with E-state index in [-0.39, 0.29) is 12.2 Å². The minimum Gasteiger partial charge on any atom is -0.477 e. The Balaban J connectivity index is 1.92. The first-order chi connectivity index (χ1) is 11.7. The number of alkyl carbamates (subject to hydrolysis) is 1. The lowest BCUT2D eigenvalue weighted by molar-refractivity contribution is 0.0534. The van der Waals surface area contributed by atoms with Crippen LogP contribution in [-0.4, -0.2) is 39.5 Å². The largest absolute Gasteiger partial charge is 0.477 e. The second-order valence-electron chi connectivity index (χ2n) is 6.21. The molecule has 1 amide bonds. The van der Waals surface area contributed by atoms with E-state index in [1.165, 1.54) is 6.07 Å². The van der Waals surface area contributed by atoms with E-state index in [0.29, 0.717) is 5.69 Å². The molecule has 2 aromatic rings. The molecule has 1 aromatic heterocycles. The number of carbonyl (C=O) groups excluding carboxylic acids is 1. The molecule has 0 atom stereocenters. The summed E-state index contributed by atoms with van der Waals surface area (Å²) in [5.74, 6) is 4.70. The van der Waals surface area contributed by atoms with E-state index in [9.17, 15) is 9.59 Å². The summed E-state index contributed by atoms with van der Waals surface area (Å²) in [6.45, 7) is 5.55. The Labute approximate surface area is 145 Å². The lowest BCUT2D eigenvalue weighted by atomic mass is 10.1. The molecule has 0 bridgehead atoms. The number of amides is 1. The van der Waals surface area contributed by atoms with Crippen molar-refractivity contribution in [2.75, 3.05) is 6.54 Å². The van der Waals surface area contributed by atoms with Crippen molar-refractivity contribution in [2.45, 2.75) is 26.4 Å². The zero-order chi connectivity index (χ0) is 18.4. The van der Waals surface area contributed by atoms with Crippen LogP contribution in [-0.2, 0) is 4.74 Å². The van der Waals surface area contributed by atoms with Crippen LogP contribution in [0.5, 0.6) is 0 Å². The lowest BCUT2D eigenvalue weighted by Gasteiger charge is -2.18. The SMILES string of the molecule is CC(C)(C)OC(=O)NCC#Cc1ccc(-c2cc(C(=O)O)[nH]n2)cc1. The molecule has 0 aliphatic carbocycles. The Kier molecular flexibility index (Phi) is 5.45. The number of benzene rings is 1. The summed E-state index contributed by atoms with van der Waals surface area (Å²) in [7, 11) is 0. The molecule has 7 heteroatoms. The van der Waals surface area contributed by atoms with E-state index < -0.39 is 17.7 Å². The van der Waals surface area contributed by atoms with Gasteiger partial charge in [0, 0.05) is 11.1 Å². The van der Waals surface area contributed by atoms with Crippen molar-refractivity contribution < 1.29 is 19.4 Å². The Morgan fingerprint density at radius 2 is 1.96 bits per heavy atom. The Bertz CT molecular complexity index is 820. The van der Waals surface area contributed by atoms with Gasteiger partial charge < -0.3 is 15.2 Å². The molecule has 3 N–H and O–H groups in total. The maximum absolute atomic E-state index is 11.5. The fourth-order valence-corrected chi connectivity index (χ4v) is 1.88. The summed E-state index contributed by atoms with van der Waals surface area (Å²) in [6.07, 6.45) is -0.509. The highest BCUT2D eigenvalue weighted by Crippen LogP contribution is 2.18. The number of rotatable bonds is 3. The summed E-state index contributed by atoms with van der Waals surface area (Å²) >= 11 is 0. The second kappa shape index (κ2) is 7.53. The monoisotopic (exact) mass is 341 g/mol. The van der Waals surface area contributed by atoms with Crippen molar-refractivity contribution in [2.24, 2.45) is 0 Å². The maximum atomic E-state index is 11.5. The zero-order valence-electron chi connectivity index (χ0n) is 14.2. The van der Waals surface area contributed by atoms with Gasteiger partial charge in [-0.15, -0.1) is 0 Å². The maximum Gasteiger partial charge on any atom is 0.408 e. The number of H-pyrrole nitrogens is 1. The molecule has 25 heavy (non-hydrogen) atoms. The van der Waals surface area contributed by atoms with Gasteiger partial charge in [0.05, 0.1) is 12.2 Å². The molecule has 2 rings (SSSR count). The number of aromatic nitrogens is 2. The van der Waals surface area contributed by atoms with Crippen molar-refractivity contribution in [3.63, 3.8) is 0 Å². The first-order valence-corrected chi connectivity index (χ1v) is 7.59. The van der Waals surface area contributed by atoms with Gasteiger partial charge in [0.1, 0.15) is 11.3 Å². The number of ether oxygens (including phenoxy) is 1. The first-order valence-electron chi connectivity index (χ1n) is 7.59. The molecule has 7 nitrogen and oxygen atoms in total. The number of carboxylic acid groups (broad SMARTS) is 1. The van der Waals surface area contributed by atoms with Crippen LogP contribution in [0.4, 0.5) is 4.79 Å². The molecule has 0 radical (unpaired) electrons. The third kappa shape index (κ3) is 5.70. The topological polar surface area (TPSA) is 104 Å². The number of carboxylic acids is 1. The summed E-state index contributed by atoms with van der Waals surface area (Å²) in [4.78, 5) is 22.3. The fraction of sp³-hybridized carbons (Fsp3) is 0.278. The highest BCUT2D eigenvalue weighted by Gasteiger charge is 2.15. The molecule has 0 saturated heterocycles. The Hall–Kier alpha value is -3.27. The molecule has 130 valence electrons. The van der Waals surface area contributed by atoms with Crippen LogP contribution in [0.2, 0.25) is 0 Å². The van der Waals surface area contributed by atoms with Gasteiger partial charge in [-0.05, 0) is 39.0 Å². The van der Waals surface area contributed by atoms with Crippen molar-refractivity contribution in [1.29, 1.82) is 0 Å². The quantitative estimate of drug-likeness (QED) is 0.745. The normalized spacial score (nSPS) is 10.5. The molecule has 0 spiro atoms. The third-order valence-corrected chi connectivity index (χ3v) is 2.94. The lowest BCUT2D eigenvalue weighted by Crippen LogP contribution is -2.32. The van der Waals surface area contributed by atoms with Crippen LogP contribution in [0, 0.1) is 11.8 Å². The van der Waals surface area contributed by atoms with Gasteiger partial charge >= 0.3 is 12.1 Å². The highest BCUT2D eigenvalue weighted by atomic mass is 16.6. The van der Waals surface area contributed by atoms with Crippen LogP contribution in [0.3, 0.4) is 0 Å². The zero-order valence-corrected chi connectivity index (χ0v) is 14.2. The summed E-state index contributed by atoms with van der Waals surface area (Å²) in [5, 5.41) is 17.9. The number of aromatic carboxylic acids is 1. The molecular formula is C18H19N3O4. The van der Waals surface area contributed by atoms with Gasteiger partial charge in [-0.1, -0.05) is 24.0 Å². The number of hydrogen-bond acceptors (Lipinski definition) is 4. The molecule has 0 aliphatic heterocycles. The molecule has 1 aromatic carbocycles. The number of nitrogens with one attached hydrogen (secondary N) is 2. The van der Waals surface area contributed by atoms with Gasteiger partial charge in [0.15, 0.2) is 0 Å². The smallest absolute Gasteiger partial charge is 0.408 e. The van der Waals surface area contributed by atoms with Crippen LogP contribution in [0.1, 0.15) is 36.8 Å². The average Bonchev–Trinajstić information content (AvgIpc) is 3.01. The summed E-state index contributed by atoms with van der Waals surface area (Å²) in [5.41, 5.74) is 1.58. The minimum atomic E-state index is -1.06. The molecule has 0 unspecified atom stereocenters. The average molecular weight is 341 g/mol. The van der Waals surface area contributed by atoms with Crippen molar-refractivity contribution >= 4 is 12.1 Å². The van der Waals surface area contributed by atoms with Crippen molar-refractivity contribution in [1.82, 2.24) is 15.5 Å². The molecule has 0 fully saturated rings. The summed E-state index contributed by atoms with van der Waals surface area (Å²) in [6, 6.07) is 8.66. The molecular weight excluding hydrogens is 322 g/mol. The van der Waals surface area contributed by atoms with E-state index in [2.05, 4.69) is 27.4 Å². The first kappa shape index (κ1) is 18.1. The van der Waals surface area contributed by atoms with E-state index >= 15 is 0 Å². The fourth-order valence-electron chi connectivity index (χ4n) is 1.88. The minimum absolute atomic E-state index is 0.0343. The predicted octanol–water partition coefficient (Wildman–Crippen LogP) is 2.65. The standard InChI is InChI=1S/C18H19N3O4/c1-18(2,3)25-17(24)19-10-4-5-12-6-8-13(9-7-12)14-11-15(16(22)23)21-20-14/h6-9,11H,10H2,1-3H3,(H,19,24)(H,20,21)(H,22,23). The van der Waals surface area contributed by atoms with Gasteiger partial charge in [-0.2, -0.15) is 5.10 Å². The van der Waals surface area contributed by atoms with E-state index in [4.69, 9.17) is 9.84 Å². The van der Waals surface area contributed by atoms with Crippen molar-refractivity contribution in [3.8, 4) is 23.1 Å². The Morgan fingerprint density at radius 1 is 1.28 bits per heavy atom. The highest BCUT2D eigenvalue weighted by molar-refractivity contribution is 5.86. The van der Waals surface area contributed by atoms with Crippen LogP contribution < -0.4 is 5.32 Å². The predicted molar refractivity (Wildman–Crippen MR) is 92.1 cm³/mol. The van der Waals surface area contributed by atoms with Crippen molar-refractivity contribution in [3.05, 3.63) is 41.6 Å². The van der Waals surface area contributed by atoms with Gasteiger partial charge in [0.25, 0.3) is 0 Å². The third-order valence-electron chi connectivity index (χ3n) is 2.94.